The average Bonchev–Trinajstić information content (AvgIpc) is 2.57. The summed E-state index contributed by atoms with van der Waals surface area (Å²) >= 11 is 0. The number of ether oxygens (including phenoxy) is 1. The number of carbonyl (C=O) groups excluding carboxylic acids is 1. The predicted octanol–water partition coefficient (Wildman–Crippen LogP) is 2.58. The third kappa shape index (κ3) is 3.47. The summed E-state index contributed by atoms with van der Waals surface area (Å²) in [5.74, 6) is -3.11. The van der Waals surface area contributed by atoms with Crippen molar-refractivity contribution in [2.24, 2.45) is 0 Å². The Hall–Kier alpha value is -2.64. The molecule has 8 heteroatoms. The minimum absolute atomic E-state index is 0.00669. The number of piperidine rings is 1. The number of halogens is 3. The molecular formula is C16H14F3N3O2. The molecule has 1 fully saturated rings. The Morgan fingerprint density at radius 2 is 1.83 bits per heavy atom. The Balaban J connectivity index is 1.71. The minimum Gasteiger partial charge on any atom is -0.458 e. The van der Waals surface area contributed by atoms with Gasteiger partial charge in [-0.15, -0.1) is 0 Å². The highest BCUT2D eigenvalue weighted by Crippen LogP contribution is 2.20. The molecule has 0 aliphatic carbocycles. The maximum Gasteiger partial charge on any atom is 0.316 e. The Morgan fingerprint density at radius 3 is 2.50 bits per heavy atom. The van der Waals surface area contributed by atoms with Gasteiger partial charge in [0, 0.05) is 6.54 Å². The molecule has 1 amide bonds. The molecule has 1 aromatic carbocycles. The van der Waals surface area contributed by atoms with Crippen molar-refractivity contribution in [2.75, 3.05) is 13.1 Å². The van der Waals surface area contributed by atoms with Gasteiger partial charge in [-0.25, -0.2) is 23.1 Å². The molecule has 0 radical (unpaired) electrons. The van der Waals surface area contributed by atoms with Crippen LogP contribution in [0.2, 0.25) is 0 Å². The molecule has 1 aliphatic heterocycles. The van der Waals surface area contributed by atoms with Crippen LogP contribution < -0.4 is 4.74 Å². The normalized spacial score (nSPS) is 17.6. The number of amides is 1. The van der Waals surface area contributed by atoms with Crippen LogP contribution in [0.15, 0.2) is 30.6 Å². The summed E-state index contributed by atoms with van der Waals surface area (Å²) in [7, 11) is 0. The first kappa shape index (κ1) is 16.2. The molecule has 24 heavy (non-hydrogen) atoms. The second-order valence-corrected chi connectivity index (χ2v) is 5.41. The standard InChI is InChI=1S/C16H14F3N3O2/c17-10-7-20-16(21-8-10)24-11-3-2-6-22(9-11)15(23)14-12(18)4-1-5-13(14)19/h1,4-5,7-8,11H,2-3,6,9H2. The molecule has 126 valence electrons. The molecule has 2 aromatic rings. The van der Waals surface area contributed by atoms with Crippen LogP contribution in [0.3, 0.4) is 0 Å². The van der Waals surface area contributed by atoms with Crippen LogP contribution in [0.4, 0.5) is 13.2 Å². The summed E-state index contributed by atoms with van der Waals surface area (Å²) in [6.45, 7) is 0.518. The molecule has 2 heterocycles. The van der Waals surface area contributed by atoms with Crippen LogP contribution in [0, 0.1) is 17.5 Å². The number of rotatable bonds is 3. The summed E-state index contributed by atoms with van der Waals surface area (Å²) in [4.78, 5) is 21.1. The predicted molar refractivity (Wildman–Crippen MR) is 77.9 cm³/mol. The van der Waals surface area contributed by atoms with Gasteiger partial charge in [0.15, 0.2) is 5.82 Å². The Kier molecular flexibility index (Phi) is 4.64. The summed E-state index contributed by atoms with van der Waals surface area (Å²) in [6.07, 6.45) is 2.76. The Morgan fingerprint density at radius 1 is 1.17 bits per heavy atom. The summed E-state index contributed by atoms with van der Waals surface area (Å²) in [5, 5.41) is 0. The van der Waals surface area contributed by atoms with E-state index in [9.17, 15) is 18.0 Å². The maximum atomic E-state index is 13.8. The van der Waals surface area contributed by atoms with Crippen molar-refractivity contribution in [1.82, 2.24) is 14.9 Å². The molecule has 1 aromatic heterocycles. The second kappa shape index (κ2) is 6.86. The number of carbonyl (C=O) groups is 1. The van der Waals surface area contributed by atoms with E-state index in [0.717, 1.165) is 24.5 Å². The molecular weight excluding hydrogens is 323 g/mol. The minimum atomic E-state index is -0.898. The van der Waals surface area contributed by atoms with E-state index >= 15 is 0 Å². The smallest absolute Gasteiger partial charge is 0.316 e. The van der Waals surface area contributed by atoms with Crippen molar-refractivity contribution in [2.45, 2.75) is 18.9 Å². The molecule has 0 saturated carbocycles. The molecule has 5 nitrogen and oxygen atoms in total. The number of hydrogen-bond donors (Lipinski definition) is 0. The van der Waals surface area contributed by atoms with Crippen LogP contribution in [0.25, 0.3) is 0 Å². The van der Waals surface area contributed by atoms with Gasteiger partial charge in [0.2, 0.25) is 0 Å². The third-order valence-corrected chi connectivity index (χ3v) is 3.71. The number of benzene rings is 1. The van der Waals surface area contributed by atoms with Crippen LogP contribution in [-0.2, 0) is 0 Å². The molecule has 0 N–H and O–H groups in total. The molecule has 3 rings (SSSR count). The molecule has 0 bridgehead atoms. The van der Waals surface area contributed by atoms with Crippen LogP contribution >= 0.6 is 0 Å². The second-order valence-electron chi connectivity index (χ2n) is 5.41. The summed E-state index contributed by atoms with van der Waals surface area (Å²) < 4.78 is 45.8. The molecule has 1 aliphatic rings. The fourth-order valence-corrected chi connectivity index (χ4v) is 2.59. The number of nitrogens with zero attached hydrogens (tertiary/aromatic N) is 3. The van der Waals surface area contributed by atoms with E-state index in [0.29, 0.717) is 19.4 Å². The van der Waals surface area contributed by atoms with Gasteiger partial charge in [-0.1, -0.05) is 6.07 Å². The van der Waals surface area contributed by atoms with Crippen LogP contribution in [0.1, 0.15) is 23.2 Å². The van der Waals surface area contributed by atoms with Crippen molar-refractivity contribution in [3.63, 3.8) is 0 Å². The van der Waals surface area contributed by atoms with E-state index in [1.54, 1.807) is 0 Å². The van der Waals surface area contributed by atoms with Crippen molar-refractivity contribution in [1.29, 1.82) is 0 Å². The van der Waals surface area contributed by atoms with Gasteiger partial charge in [0.05, 0.1) is 18.9 Å². The van der Waals surface area contributed by atoms with Gasteiger partial charge in [0.25, 0.3) is 5.91 Å². The fourth-order valence-electron chi connectivity index (χ4n) is 2.59. The number of likely N-dealkylation sites (tertiary alicyclic amines) is 1. The van der Waals surface area contributed by atoms with E-state index in [2.05, 4.69) is 9.97 Å². The zero-order valence-electron chi connectivity index (χ0n) is 12.6. The Bertz CT molecular complexity index is 720. The lowest BCUT2D eigenvalue weighted by Crippen LogP contribution is -2.45. The quantitative estimate of drug-likeness (QED) is 0.864. The molecule has 1 atom stereocenters. The van der Waals surface area contributed by atoms with E-state index in [1.807, 2.05) is 0 Å². The third-order valence-electron chi connectivity index (χ3n) is 3.71. The fraction of sp³-hybridized carbons (Fsp3) is 0.312. The highest BCUT2D eigenvalue weighted by molar-refractivity contribution is 5.94. The van der Waals surface area contributed by atoms with E-state index in [-0.39, 0.29) is 12.6 Å². The monoisotopic (exact) mass is 337 g/mol. The van der Waals surface area contributed by atoms with E-state index in [1.165, 1.54) is 11.0 Å². The van der Waals surface area contributed by atoms with Crippen molar-refractivity contribution < 1.29 is 22.7 Å². The first-order chi connectivity index (χ1) is 11.5. The molecule has 0 spiro atoms. The van der Waals surface area contributed by atoms with Gasteiger partial charge in [-0.2, -0.15) is 0 Å². The Labute approximate surface area is 136 Å². The number of aromatic nitrogens is 2. The largest absolute Gasteiger partial charge is 0.458 e. The number of hydrogen-bond acceptors (Lipinski definition) is 4. The van der Waals surface area contributed by atoms with Gasteiger partial charge < -0.3 is 9.64 Å². The SMILES string of the molecule is O=C(c1c(F)cccc1F)N1CCCC(Oc2ncc(F)cn2)C1. The first-order valence-electron chi connectivity index (χ1n) is 7.42. The van der Waals surface area contributed by atoms with Crippen LogP contribution in [-0.4, -0.2) is 40.0 Å². The molecule has 1 unspecified atom stereocenters. The highest BCUT2D eigenvalue weighted by atomic mass is 19.1. The zero-order chi connectivity index (χ0) is 17.1. The summed E-state index contributed by atoms with van der Waals surface area (Å²) in [6, 6.07) is 3.28. The van der Waals surface area contributed by atoms with Gasteiger partial charge in [-0.05, 0) is 25.0 Å². The van der Waals surface area contributed by atoms with Crippen molar-refractivity contribution in [3.8, 4) is 6.01 Å². The van der Waals surface area contributed by atoms with Gasteiger partial charge >= 0.3 is 6.01 Å². The lowest BCUT2D eigenvalue weighted by atomic mass is 10.1. The van der Waals surface area contributed by atoms with E-state index in [4.69, 9.17) is 4.74 Å². The topological polar surface area (TPSA) is 55.3 Å². The zero-order valence-corrected chi connectivity index (χ0v) is 12.6. The molecule has 1 saturated heterocycles. The van der Waals surface area contributed by atoms with Crippen molar-refractivity contribution >= 4 is 5.91 Å². The van der Waals surface area contributed by atoms with Gasteiger partial charge in [-0.3, -0.25) is 4.79 Å². The van der Waals surface area contributed by atoms with Crippen molar-refractivity contribution in [3.05, 3.63) is 53.6 Å². The van der Waals surface area contributed by atoms with Crippen LogP contribution in [0.5, 0.6) is 6.01 Å². The summed E-state index contributed by atoms with van der Waals surface area (Å²) in [5.41, 5.74) is -0.573. The highest BCUT2D eigenvalue weighted by Gasteiger charge is 2.29. The first-order valence-corrected chi connectivity index (χ1v) is 7.42. The lowest BCUT2D eigenvalue weighted by molar-refractivity contribution is 0.0507. The maximum absolute atomic E-state index is 13.8. The van der Waals surface area contributed by atoms with E-state index < -0.39 is 35.0 Å². The lowest BCUT2D eigenvalue weighted by Gasteiger charge is -2.32. The van der Waals surface area contributed by atoms with Gasteiger partial charge in [0.1, 0.15) is 23.3 Å². The average molecular weight is 337 g/mol.